The highest BCUT2D eigenvalue weighted by Gasteiger charge is 2.33. The monoisotopic (exact) mass is 597 g/mol. The Balaban J connectivity index is 1.31. The molecule has 1 N–H and O–H groups in total. The van der Waals surface area contributed by atoms with Crippen molar-refractivity contribution in [2.45, 2.75) is 58.6 Å². The summed E-state index contributed by atoms with van der Waals surface area (Å²) in [7, 11) is 1.34. The highest BCUT2D eigenvalue weighted by molar-refractivity contribution is 7.20. The number of aryl methyl sites for hydroxylation is 1. The van der Waals surface area contributed by atoms with Crippen LogP contribution in [0.15, 0.2) is 48.5 Å². The third-order valence-corrected chi connectivity index (χ3v) is 9.50. The van der Waals surface area contributed by atoms with Crippen LogP contribution in [0.1, 0.15) is 69.8 Å². The van der Waals surface area contributed by atoms with Crippen LogP contribution in [0.4, 0.5) is 5.00 Å². The lowest BCUT2D eigenvalue weighted by atomic mass is 9.89. The molecule has 0 radical (unpaired) electrons. The lowest BCUT2D eigenvalue weighted by Gasteiger charge is -2.30. The van der Waals surface area contributed by atoms with E-state index in [-0.39, 0.29) is 6.42 Å². The average molecular weight is 598 g/mol. The van der Waals surface area contributed by atoms with Gasteiger partial charge in [0.25, 0.3) is 5.91 Å². The number of carbonyl (C=O) groups excluding carboxylic acids is 3. The Kier molecular flexibility index (Phi) is 8.27. The Bertz CT molecular complexity index is 1730. The summed E-state index contributed by atoms with van der Waals surface area (Å²) in [6.45, 7) is 6.37. The second-order valence-electron chi connectivity index (χ2n) is 11.0. The number of methoxy groups -OCH3 is 1. The number of rotatable bonds is 8. The SMILES string of the molecule is CCCN1CCc2nc3ccccc3c(C(=O)OC(CC)C(=O)Nc3sc4c(c3C(=O)OC)CCc3ccccc3-4)c2C1. The summed E-state index contributed by atoms with van der Waals surface area (Å²) in [6, 6.07) is 15.7. The van der Waals surface area contributed by atoms with Crippen molar-refractivity contribution in [3.8, 4) is 10.4 Å². The molecule has 6 rings (SSSR count). The lowest BCUT2D eigenvalue weighted by Crippen LogP contribution is -2.35. The second-order valence-corrected chi connectivity index (χ2v) is 12.0. The van der Waals surface area contributed by atoms with Gasteiger partial charge in [-0.1, -0.05) is 56.3 Å². The molecule has 2 aromatic carbocycles. The molecule has 0 bridgehead atoms. The number of esters is 2. The van der Waals surface area contributed by atoms with Crippen LogP contribution in [-0.2, 0) is 40.1 Å². The third kappa shape index (κ3) is 5.43. The van der Waals surface area contributed by atoms with Gasteiger partial charge in [-0.05, 0) is 55.0 Å². The molecule has 43 heavy (non-hydrogen) atoms. The maximum absolute atomic E-state index is 13.9. The molecule has 9 heteroatoms. The molecule has 1 atom stereocenters. The summed E-state index contributed by atoms with van der Waals surface area (Å²) in [5, 5.41) is 4.06. The van der Waals surface area contributed by atoms with Crippen LogP contribution in [0.25, 0.3) is 21.3 Å². The molecule has 2 aromatic heterocycles. The maximum atomic E-state index is 13.9. The quantitative estimate of drug-likeness (QED) is 0.242. The van der Waals surface area contributed by atoms with Gasteiger partial charge in [-0.15, -0.1) is 11.3 Å². The van der Waals surface area contributed by atoms with Crippen LogP contribution in [0.5, 0.6) is 0 Å². The zero-order valence-electron chi connectivity index (χ0n) is 24.7. The predicted octanol–water partition coefficient (Wildman–Crippen LogP) is 6.19. The highest BCUT2D eigenvalue weighted by atomic mass is 32.1. The minimum absolute atomic E-state index is 0.270. The molecule has 1 amide bonds. The standard InChI is InChI=1S/C34H35N3O5S/c1-4-17-37-18-16-26-24(19-37)28(22-12-8-9-13-25(22)35-26)34(40)42-27(5-2)31(38)36-32-29(33(39)41-3)23-15-14-20-10-6-7-11-21(20)30(23)43-32/h6-13,27H,4-5,14-19H2,1-3H3,(H,36,38). The Morgan fingerprint density at radius 2 is 1.77 bits per heavy atom. The number of hydrogen-bond acceptors (Lipinski definition) is 8. The van der Waals surface area contributed by atoms with Gasteiger partial charge >= 0.3 is 11.9 Å². The first-order valence-corrected chi connectivity index (χ1v) is 15.7. The highest BCUT2D eigenvalue weighted by Crippen LogP contribution is 2.45. The van der Waals surface area contributed by atoms with Gasteiger partial charge in [0, 0.05) is 41.0 Å². The Labute approximate surface area is 255 Å². The Morgan fingerprint density at radius 1 is 0.977 bits per heavy atom. The lowest BCUT2D eigenvalue weighted by molar-refractivity contribution is -0.124. The van der Waals surface area contributed by atoms with Gasteiger partial charge in [-0.3, -0.25) is 14.7 Å². The number of fused-ring (bicyclic) bond motifs is 5. The molecule has 4 aromatic rings. The van der Waals surface area contributed by atoms with Crippen molar-refractivity contribution >= 4 is 45.1 Å². The van der Waals surface area contributed by atoms with Crippen molar-refractivity contribution in [1.82, 2.24) is 9.88 Å². The van der Waals surface area contributed by atoms with Crippen molar-refractivity contribution in [3.63, 3.8) is 0 Å². The number of para-hydroxylation sites is 1. The molecule has 3 heterocycles. The van der Waals surface area contributed by atoms with Crippen LogP contribution >= 0.6 is 11.3 Å². The largest absolute Gasteiger partial charge is 0.465 e. The van der Waals surface area contributed by atoms with E-state index in [4.69, 9.17) is 14.5 Å². The smallest absolute Gasteiger partial charge is 0.341 e. The van der Waals surface area contributed by atoms with Crippen molar-refractivity contribution < 1.29 is 23.9 Å². The van der Waals surface area contributed by atoms with E-state index in [1.54, 1.807) is 6.92 Å². The van der Waals surface area contributed by atoms with Crippen LogP contribution in [0.2, 0.25) is 0 Å². The van der Waals surface area contributed by atoms with E-state index in [0.29, 0.717) is 29.1 Å². The zero-order chi connectivity index (χ0) is 30.1. The van der Waals surface area contributed by atoms with E-state index < -0.39 is 23.9 Å². The summed E-state index contributed by atoms with van der Waals surface area (Å²) >= 11 is 1.36. The second kappa shape index (κ2) is 12.3. The summed E-state index contributed by atoms with van der Waals surface area (Å²) in [5.41, 5.74) is 6.51. The number of pyridine rings is 1. The molecule has 8 nitrogen and oxygen atoms in total. The molecule has 1 aliphatic heterocycles. The number of nitrogens with one attached hydrogen (secondary N) is 1. The number of aromatic nitrogens is 1. The van der Waals surface area contributed by atoms with Gasteiger partial charge in [0.1, 0.15) is 5.00 Å². The first kappa shape index (κ1) is 29.0. The number of ether oxygens (including phenoxy) is 2. The number of thiophene rings is 1. The number of benzene rings is 2. The number of carbonyl (C=O) groups is 3. The molecule has 0 spiro atoms. The molecule has 1 unspecified atom stereocenters. The van der Waals surface area contributed by atoms with E-state index in [2.05, 4.69) is 23.2 Å². The summed E-state index contributed by atoms with van der Waals surface area (Å²) in [5.74, 6) is -1.51. The van der Waals surface area contributed by atoms with Gasteiger partial charge in [0.05, 0.1) is 23.8 Å². The van der Waals surface area contributed by atoms with Crippen molar-refractivity contribution in [2.24, 2.45) is 0 Å². The van der Waals surface area contributed by atoms with E-state index in [9.17, 15) is 14.4 Å². The van der Waals surface area contributed by atoms with Gasteiger partial charge in [-0.2, -0.15) is 0 Å². The number of anilines is 1. The fraction of sp³-hybridized carbons (Fsp3) is 0.353. The van der Waals surface area contributed by atoms with Gasteiger partial charge in [0.15, 0.2) is 6.10 Å². The van der Waals surface area contributed by atoms with Gasteiger partial charge in [-0.25, -0.2) is 9.59 Å². The number of nitrogens with zero attached hydrogens (tertiary/aromatic N) is 2. The first-order chi connectivity index (χ1) is 20.9. The van der Waals surface area contributed by atoms with E-state index >= 15 is 0 Å². The molecule has 0 fully saturated rings. The molecule has 0 saturated heterocycles. The van der Waals surface area contributed by atoms with Gasteiger partial charge in [0.2, 0.25) is 0 Å². The Hall–Kier alpha value is -4.08. The molecular formula is C34H35N3O5S. The third-order valence-electron chi connectivity index (χ3n) is 8.32. The fourth-order valence-corrected chi connectivity index (χ4v) is 7.54. The first-order valence-electron chi connectivity index (χ1n) is 14.9. The number of hydrogen-bond donors (Lipinski definition) is 1. The molecule has 0 saturated carbocycles. The fourth-order valence-electron chi connectivity index (χ4n) is 6.24. The minimum atomic E-state index is -1.05. The number of amides is 1. The topological polar surface area (TPSA) is 97.8 Å². The summed E-state index contributed by atoms with van der Waals surface area (Å²) in [4.78, 5) is 48.7. The normalized spacial score (nSPS) is 14.8. The van der Waals surface area contributed by atoms with E-state index in [1.165, 1.54) is 24.0 Å². The molecule has 222 valence electrons. The molecule has 2 aliphatic rings. The van der Waals surface area contributed by atoms with E-state index in [1.807, 2.05) is 42.5 Å². The van der Waals surface area contributed by atoms with Crippen LogP contribution in [0, 0.1) is 0 Å². The minimum Gasteiger partial charge on any atom is -0.465 e. The van der Waals surface area contributed by atoms with Crippen LogP contribution in [0.3, 0.4) is 0 Å². The summed E-state index contributed by atoms with van der Waals surface area (Å²) < 4.78 is 11.1. The average Bonchev–Trinajstić information content (AvgIpc) is 3.40. The zero-order valence-corrected chi connectivity index (χ0v) is 25.5. The Morgan fingerprint density at radius 3 is 2.56 bits per heavy atom. The van der Waals surface area contributed by atoms with E-state index in [0.717, 1.165) is 70.5 Å². The predicted molar refractivity (Wildman–Crippen MR) is 168 cm³/mol. The van der Waals surface area contributed by atoms with Crippen molar-refractivity contribution in [3.05, 3.63) is 82.0 Å². The molecule has 1 aliphatic carbocycles. The van der Waals surface area contributed by atoms with Crippen molar-refractivity contribution in [2.75, 3.05) is 25.5 Å². The molecular weight excluding hydrogens is 562 g/mol. The van der Waals surface area contributed by atoms with Crippen LogP contribution in [-0.4, -0.2) is 54.0 Å². The van der Waals surface area contributed by atoms with Crippen LogP contribution < -0.4 is 5.32 Å². The van der Waals surface area contributed by atoms with Crippen molar-refractivity contribution in [1.29, 1.82) is 0 Å². The maximum Gasteiger partial charge on any atom is 0.341 e. The van der Waals surface area contributed by atoms with Gasteiger partial charge < -0.3 is 14.8 Å². The summed E-state index contributed by atoms with van der Waals surface area (Å²) in [6.07, 6.45) is 2.45.